The summed E-state index contributed by atoms with van der Waals surface area (Å²) in [5.74, 6) is 2.92. The normalized spacial score (nSPS) is 20.1. The molecule has 1 amide bonds. The molecule has 2 aromatic rings. The van der Waals surface area contributed by atoms with Crippen LogP contribution in [0, 0.1) is 6.92 Å². The lowest BCUT2D eigenvalue weighted by Gasteiger charge is -2.39. The molecule has 3 rings (SSSR count). The van der Waals surface area contributed by atoms with Crippen molar-refractivity contribution in [1.82, 2.24) is 9.88 Å². The quantitative estimate of drug-likeness (QED) is 0.604. The van der Waals surface area contributed by atoms with Gasteiger partial charge >= 0.3 is 0 Å². The first-order chi connectivity index (χ1) is 13.0. The van der Waals surface area contributed by atoms with Gasteiger partial charge in [-0.05, 0) is 70.6 Å². The molecule has 0 unspecified atom stereocenters. The molecule has 4 nitrogen and oxygen atoms in total. The molecule has 1 aliphatic rings. The van der Waals surface area contributed by atoms with Crippen LogP contribution < -0.4 is 0 Å². The molecule has 1 saturated heterocycles. The van der Waals surface area contributed by atoms with Crippen LogP contribution in [0.2, 0.25) is 0 Å². The highest BCUT2D eigenvalue weighted by atomic mass is 32.2. The summed E-state index contributed by atoms with van der Waals surface area (Å²) in [6.45, 7) is 6.27. The molecule has 27 heavy (non-hydrogen) atoms. The molecule has 0 N–H and O–H groups in total. The molecular formula is C21H28N2O2S2. The lowest BCUT2D eigenvalue weighted by atomic mass is 9.98. The Labute approximate surface area is 170 Å². The number of rotatable bonds is 6. The third-order valence-electron chi connectivity index (χ3n) is 5.18. The number of hydrogen-bond acceptors (Lipinski definition) is 5. The maximum absolute atomic E-state index is 12.6. The van der Waals surface area contributed by atoms with Crippen molar-refractivity contribution in [2.45, 2.75) is 62.8 Å². The SMILES string of the molecule is CSc1ccc(-c2nc(CSCC(=O)N3[C@@H](C)CCC[C@@H]3C)c(C)o2)cc1. The predicted molar refractivity (Wildman–Crippen MR) is 114 cm³/mol. The van der Waals surface area contributed by atoms with E-state index < -0.39 is 0 Å². The maximum Gasteiger partial charge on any atom is 0.233 e. The second-order valence-corrected chi connectivity index (χ2v) is 9.04. The van der Waals surface area contributed by atoms with Crippen LogP contribution in [0.25, 0.3) is 11.5 Å². The molecule has 1 aromatic carbocycles. The predicted octanol–water partition coefficient (Wildman–Crippen LogP) is 5.39. The Kier molecular flexibility index (Phi) is 6.93. The van der Waals surface area contributed by atoms with Crippen LogP contribution in [-0.2, 0) is 10.5 Å². The fraction of sp³-hybridized carbons (Fsp3) is 0.524. The van der Waals surface area contributed by atoms with Crippen molar-refractivity contribution in [2.24, 2.45) is 0 Å². The Hall–Kier alpha value is -1.40. The Morgan fingerprint density at radius 2 is 1.89 bits per heavy atom. The number of carbonyl (C=O) groups excluding carboxylic acids is 1. The number of carbonyl (C=O) groups is 1. The standard InChI is InChI=1S/C21H28N2O2S2/c1-14-6-5-7-15(2)23(14)20(24)13-27-12-19-16(3)25-21(22-19)17-8-10-18(26-4)11-9-17/h8-11,14-15H,5-7,12-13H2,1-4H3/t14-,15-/m0/s1. The van der Waals surface area contributed by atoms with E-state index in [2.05, 4.69) is 42.1 Å². The third kappa shape index (κ3) is 4.91. The van der Waals surface area contributed by atoms with Crippen molar-refractivity contribution in [2.75, 3.05) is 12.0 Å². The minimum Gasteiger partial charge on any atom is -0.441 e. The number of aryl methyl sites for hydroxylation is 1. The van der Waals surface area contributed by atoms with Crippen LogP contribution in [-0.4, -0.2) is 39.9 Å². The summed E-state index contributed by atoms with van der Waals surface area (Å²) in [6.07, 6.45) is 5.51. The van der Waals surface area contributed by atoms with E-state index >= 15 is 0 Å². The molecule has 1 fully saturated rings. The monoisotopic (exact) mass is 404 g/mol. The minimum absolute atomic E-state index is 0.244. The van der Waals surface area contributed by atoms with Crippen molar-refractivity contribution in [3.63, 3.8) is 0 Å². The molecule has 0 aliphatic carbocycles. The molecule has 146 valence electrons. The molecule has 0 radical (unpaired) electrons. The van der Waals surface area contributed by atoms with Gasteiger partial charge in [0.15, 0.2) is 0 Å². The van der Waals surface area contributed by atoms with Crippen molar-refractivity contribution in [1.29, 1.82) is 0 Å². The van der Waals surface area contributed by atoms with E-state index in [9.17, 15) is 4.79 Å². The Bertz CT molecular complexity index is 763. The van der Waals surface area contributed by atoms with Crippen molar-refractivity contribution in [3.8, 4) is 11.5 Å². The number of benzene rings is 1. The molecular weight excluding hydrogens is 376 g/mol. The van der Waals surface area contributed by atoms with Gasteiger partial charge in [-0.2, -0.15) is 0 Å². The summed E-state index contributed by atoms with van der Waals surface area (Å²) in [5, 5.41) is 0. The Balaban J connectivity index is 1.58. The van der Waals surface area contributed by atoms with Gasteiger partial charge in [-0.3, -0.25) is 4.79 Å². The lowest BCUT2D eigenvalue weighted by molar-refractivity contribution is -0.134. The average molecular weight is 405 g/mol. The van der Waals surface area contributed by atoms with Crippen LogP contribution in [0.15, 0.2) is 33.6 Å². The maximum atomic E-state index is 12.6. The van der Waals surface area contributed by atoms with Gasteiger partial charge in [-0.25, -0.2) is 4.98 Å². The highest BCUT2D eigenvalue weighted by Gasteiger charge is 2.28. The van der Waals surface area contributed by atoms with Gasteiger partial charge in [-0.1, -0.05) is 0 Å². The first-order valence-corrected chi connectivity index (χ1v) is 11.9. The highest BCUT2D eigenvalue weighted by molar-refractivity contribution is 7.99. The summed E-state index contributed by atoms with van der Waals surface area (Å²) >= 11 is 3.34. The molecule has 0 bridgehead atoms. The molecule has 1 aromatic heterocycles. The Morgan fingerprint density at radius 1 is 1.22 bits per heavy atom. The molecule has 0 spiro atoms. The number of hydrogen-bond donors (Lipinski definition) is 0. The van der Waals surface area contributed by atoms with Crippen molar-refractivity contribution < 1.29 is 9.21 Å². The van der Waals surface area contributed by atoms with E-state index in [0.29, 0.717) is 29.5 Å². The van der Waals surface area contributed by atoms with E-state index in [1.165, 1.54) is 11.3 Å². The smallest absolute Gasteiger partial charge is 0.233 e. The fourth-order valence-corrected chi connectivity index (χ4v) is 4.94. The van der Waals surface area contributed by atoms with E-state index in [4.69, 9.17) is 4.42 Å². The van der Waals surface area contributed by atoms with Crippen molar-refractivity contribution >= 4 is 29.4 Å². The van der Waals surface area contributed by atoms with E-state index in [1.807, 2.05) is 19.1 Å². The van der Waals surface area contributed by atoms with E-state index in [0.717, 1.165) is 29.9 Å². The van der Waals surface area contributed by atoms with Gasteiger partial charge in [0.1, 0.15) is 5.76 Å². The largest absolute Gasteiger partial charge is 0.441 e. The van der Waals surface area contributed by atoms with Crippen LogP contribution >= 0.6 is 23.5 Å². The van der Waals surface area contributed by atoms with Gasteiger partial charge in [0.2, 0.25) is 11.8 Å². The first kappa shape index (κ1) is 20.3. The molecule has 2 atom stereocenters. The zero-order valence-electron chi connectivity index (χ0n) is 16.5. The summed E-state index contributed by atoms with van der Waals surface area (Å²) in [5.41, 5.74) is 1.91. The van der Waals surface area contributed by atoms with Crippen LogP contribution in [0.5, 0.6) is 0 Å². The Morgan fingerprint density at radius 3 is 2.52 bits per heavy atom. The lowest BCUT2D eigenvalue weighted by Crippen LogP contribution is -2.48. The molecule has 6 heteroatoms. The van der Waals surface area contributed by atoms with Crippen molar-refractivity contribution in [3.05, 3.63) is 35.7 Å². The van der Waals surface area contributed by atoms with Gasteiger partial charge in [-0.15, -0.1) is 23.5 Å². The number of thioether (sulfide) groups is 2. The van der Waals surface area contributed by atoms with E-state index in [-0.39, 0.29) is 5.91 Å². The fourth-order valence-electron chi connectivity index (χ4n) is 3.64. The van der Waals surface area contributed by atoms with Gasteiger partial charge < -0.3 is 9.32 Å². The third-order valence-corrected chi connectivity index (χ3v) is 6.85. The number of piperidine rings is 1. The highest BCUT2D eigenvalue weighted by Crippen LogP contribution is 2.27. The van der Waals surface area contributed by atoms with Crippen LogP contribution in [0.3, 0.4) is 0 Å². The van der Waals surface area contributed by atoms with Gasteiger partial charge in [0, 0.05) is 28.3 Å². The zero-order valence-corrected chi connectivity index (χ0v) is 18.2. The summed E-state index contributed by atoms with van der Waals surface area (Å²) < 4.78 is 5.86. The average Bonchev–Trinajstić information content (AvgIpc) is 3.02. The minimum atomic E-state index is 0.244. The molecule has 0 saturated carbocycles. The number of aromatic nitrogens is 1. The second kappa shape index (κ2) is 9.20. The first-order valence-electron chi connectivity index (χ1n) is 9.49. The molecule has 1 aliphatic heterocycles. The zero-order chi connectivity index (χ0) is 19.4. The topological polar surface area (TPSA) is 46.3 Å². The number of nitrogens with zero attached hydrogens (tertiary/aromatic N) is 2. The summed E-state index contributed by atoms with van der Waals surface area (Å²) in [6, 6.07) is 8.94. The van der Waals surface area contributed by atoms with Crippen LogP contribution in [0.1, 0.15) is 44.6 Å². The number of likely N-dealkylation sites (tertiary alicyclic amines) is 1. The summed E-state index contributed by atoms with van der Waals surface area (Å²) in [7, 11) is 0. The van der Waals surface area contributed by atoms with Gasteiger partial charge in [0.25, 0.3) is 0 Å². The number of amides is 1. The number of oxazole rings is 1. The molecule has 2 heterocycles. The van der Waals surface area contributed by atoms with E-state index in [1.54, 1.807) is 23.5 Å². The summed E-state index contributed by atoms with van der Waals surface area (Å²) in [4.78, 5) is 20.6. The second-order valence-electron chi connectivity index (χ2n) is 7.17. The van der Waals surface area contributed by atoms with Gasteiger partial charge in [0.05, 0.1) is 11.4 Å². The van der Waals surface area contributed by atoms with Crippen LogP contribution in [0.4, 0.5) is 0 Å².